The minimum absolute atomic E-state index is 0.181. The number of hydrogen-bond donors (Lipinski definition) is 1. The molecule has 19 heavy (non-hydrogen) atoms. The average molecular weight is 282 g/mol. The molecule has 1 saturated carbocycles. The molecule has 1 unspecified atom stereocenters. The zero-order valence-corrected chi connectivity index (χ0v) is 11.6. The van der Waals surface area contributed by atoms with Gasteiger partial charge in [0.25, 0.3) is 0 Å². The molecule has 1 fully saturated rings. The summed E-state index contributed by atoms with van der Waals surface area (Å²) in [5, 5.41) is 20.2. The number of halogens is 2. The average Bonchev–Trinajstić information content (AvgIpc) is 2.39. The van der Waals surface area contributed by atoms with Gasteiger partial charge in [-0.2, -0.15) is 5.26 Å². The van der Waals surface area contributed by atoms with Crippen molar-refractivity contribution in [3.63, 3.8) is 0 Å². The van der Waals surface area contributed by atoms with Crippen LogP contribution in [-0.2, 0) is 0 Å². The van der Waals surface area contributed by atoms with Gasteiger partial charge in [-0.05, 0) is 43.7 Å². The third-order valence-corrected chi connectivity index (χ3v) is 4.50. The molecule has 1 aliphatic carbocycles. The second kappa shape index (κ2) is 5.48. The van der Waals surface area contributed by atoms with Crippen molar-refractivity contribution in [2.45, 2.75) is 38.7 Å². The van der Waals surface area contributed by atoms with Gasteiger partial charge in [0, 0.05) is 10.6 Å². The zero-order valence-electron chi connectivity index (χ0n) is 10.9. The van der Waals surface area contributed by atoms with E-state index in [-0.39, 0.29) is 5.02 Å². The van der Waals surface area contributed by atoms with Crippen molar-refractivity contribution in [3.05, 3.63) is 34.6 Å². The third-order valence-electron chi connectivity index (χ3n) is 4.17. The Morgan fingerprint density at radius 1 is 1.47 bits per heavy atom. The molecule has 2 nitrogen and oxygen atoms in total. The molecule has 0 aliphatic heterocycles. The molecule has 102 valence electrons. The van der Waals surface area contributed by atoms with Gasteiger partial charge in [0.1, 0.15) is 5.82 Å². The van der Waals surface area contributed by atoms with Crippen molar-refractivity contribution < 1.29 is 9.50 Å². The predicted octanol–water partition coefficient (Wildman–Crippen LogP) is 4.23. The first-order valence-corrected chi connectivity index (χ1v) is 6.90. The normalized spacial score (nSPS) is 28.7. The molecule has 0 spiro atoms. The maximum atomic E-state index is 13.1. The van der Waals surface area contributed by atoms with Crippen LogP contribution in [-0.4, -0.2) is 5.11 Å². The Morgan fingerprint density at radius 2 is 2.11 bits per heavy atom. The second-order valence-corrected chi connectivity index (χ2v) is 5.93. The molecule has 1 N–H and O–H groups in total. The van der Waals surface area contributed by atoms with E-state index in [0.29, 0.717) is 24.3 Å². The van der Waals surface area contributed by atoms with E-state index in [1.54, 1.807) is 0 Å². The number of aliphatic hydroxyl groups is 1. The fourth-order valence-corrected chi connectivity index (χ4v) is 3.02. The van der Waals surface area contributed by atoms with E-state index >= 15 is 0 Å². The maximum absolute atomic E-state index is 13.1. The molecule has 0 radical (unpaired) electrons. The van der Waals surface area contributed by atoms with Crippen LogP contribution in [0.3, 0.4) is 0 Å². The summed E-state index contributed by atoms with van der Waals surface area (Å²) in [5.74, 6) is 0.140. The summed E-state index contributed by atoms with van der Waals surface area (Å²) in [5.41, 5.74) is -0.354. The first kappa shape index (κ1) is 14.3. The van der Waals surface area contributed by atoms with Crippen molar-refractivity contribution in [1.82, 2.24) is 0 Å². The maximum Gasteiger partial charge on any atom is 0.124 e. The van der Waals surface area contributed by atoms with Gasteiger partial charge in [0.2, 0.25) is 0 Å². The van der Waals surface area contributed by atoms with Crippen molar-refractivity contribution in [2.24, 2.45) is 11.3 Å². The lowest BCUT2D eigenvalue weighted by Gasteiger charge is -2.37. The molecule has 0 amide bonds. The van der Waals surface area contributed by atoms with E-state index < -0.39 is 17.3 Å². The van der Waals surface area contributed by atoms with Gasteiger partial charge in [0.05, 0.1) is 17.6 Å². The fourth-order valence-electron chi connectivity index (χ4n) is 2.74. The van der Waals surface area contributed by atoms with Gasteiger partial charge < -0.3 is 5.11 Å². The molecule has 1 aromatic rings. The molecule has 0 heterocycles. The molecular weight excluding hydrogens is 265 g/mol. The number of aliphatic hydroxyl groups excluding tert-OH is 1. The van der Waals surface area contributed by atoms with Gasteiger partial charge in [0.15, 0.2) is 0 Å². The van der Waals surface area contributed by atoms with Crippen LogP contribution in [0.15, 0.2) is 18.2 Å². The predicted molar refractivity (Wildman–Crippen MR) is 72.0 cm³/mol. The van der Waals surface area contributed by atoms with E-state index in [0.717, 1.165) is 12.8 Å². The monoisotopic (exact) mass is 281 g/mol. The lowest BCUT2D eigenvalue weighted by Crippen LogP contribution is -2.32. The van der Waals surface area contributed by atoms with E-state index in [1.807, 2.05) is 0 Å². The van der Waals surface area contributed by atoms with Crippen LogP contribution in [0.2, 0.25) is 5.02 Å². The number of hydrogen-bond acceptors (Lipinski definition) is 2. The molecule has 1 aliphatic rings. The van der Waals surface area contributed by atoms with Crippen molar-refractivity contribution in [3.8, 4) is 6.07 Å². The highest BCUT2D eigenvalue weighted by Gasteiger charge is 2.42. The van der Waals surface area contributed by atoms with E-state index in [9.17, 15) is 14.8 Å². The minimum atomic E-state index is -0.960. The summed E-state index contributed by atoms with van der Waals surface area (Å²) < 4.78 is 13.1. The Morgan fingerprint density at radius 3 is 2.63 bits per heavy atom. The summed E-state index contributed by atoms with van der Waals surface area (Å²) in [7, 11) is 0. The van der Waals surface area contributed by atoms with Crippen LogP contribution in [0.5, 0.6) is 0 Å². The topological polar surface area (TPSA) is 44.0 Å². The molecule has 1 atom stereocenters. The highest BCUT2D eigenvalue weighted by Crippen LogP contribution is 2.48. The first-order chi connectivity index (χ1) is 8.98. The van der Waals surface area contributed by atoms with Crippen LogP contribution < -0.4 is 0 Å². The first-order valence-electron chi connectivity index (χ1n) is 6.53. The lowest BCUT2D eigenvalue weighted by molar-refractivity contribution is 0.0267. The van der Waals surface area contributed by atoms with E-state index in [1.165, 1.54) is 18.2 Å². The molecule has 0 aromatic heterocycles. The fraction of sp³-hybridized carbons (Fsp3) is 0.533. The number of nitrogens with zero attached hydrogens (tertiary/aromatic N) is 1. The standard InChI is InChI=1S/C15H17ClFNO/c1-10-4-6-15(9-18,7-5-10)14(19)12-3-2-11(17)8-13(12)16/h2-3,8,10,14,19H,4-7H2,1H3. The van der Waals surface area contributed by atoms with Gasteiger partial charge in [-0.15, -0.1) is 0 Å². The molecule has 2 rings (SSSR count). The molecule has 1 aromatic carbocycles. The molecule has 0 saturated heterocycles. The van der Waals surface area contributed by atoms with E-state index in [2.05, 4.69) is 13.0 Å². The Hall–Kier alpha value is -1.11. The van der Waals surface area contributed by atoms with Crippen molar-refractivity contribution in [1.29, 1.82) is 5.26 Å². The number of nitriles is 1. The SMILES string of the molecule is CC1CCC(C#N)(C(O)c2ccc(F)cc2Cl)CC1. The Bertz CT molecular complexity index is 503. The lowest BCUT2D eigenvalue weighted by atomic mass is 9.67. The second-order valence-electron chi connectivity index (χ2n) is 5.52. The van der Waals surface area contributed by atoms with Gasteiger partial charge in [-0.3, -0.25) is 0 Å². The van der Waals surface area contributed by atoms with Crippen molar-refractivity contribution in [2.75, 3.05) is 0 Å². The Balaban J connectivity index is 2.31. The Labute approximate surface area is 117 Å². The summed E-state index contributed by atoms with van der Waals surface area (Å²) in [6.07, 6.45) is 2.18. The molecule has 4 heteroatoms. The quantitative estimate of drug-likeness (QED) is 0.881. The van der Waals surface area contributed by atoms with Crippen molar-refractivity contribution >= 4 is 11.6 Å². The number of benzene rings is 1. The minimum Gasteiger partial charge on any atom is -0.387 e. The summed E-state index contributed by atoms with van der Waals surface area (Å²) >= 11 is 5.98. The molecular formula is C15H17ClFNO. The van der Waals surface area contributed by atoms with Crippen LogP contribution in [0.4, 0.5) is 4.39 Å². The van der Waals surface area contributed by atoms with Crippen LogP contribution >= 0.6 is 11.6 Å². The summed E-state index contributed by atoms with van der Waals surface area (Å²) in [6.45, 7) is 2.15. The molecule has 0 bridgehead atoms. The van der Waals surface area contributed by atoms with Crippen LogP contribution in [0.1, 0.15) is 44.3 Å². The third kappa shape index (κ3) is 2.75. The largest absolute Gasteiger partial charge is 0.387 e. The van der Waals surface area contributed by atoms with Crippen LogP contribution in [0.25, 0.3) is 0 Å². The summed E-state index contributed by atoms with van der Waals surface area (Å²) in [6, 6.07) is 6.19. The smallest absolute Gasteiger partial charge is 0.124 e. The van der Waals surface area contributed by atoms with Gasteiger partial charge >= 0.3 is 0 Å². The van der Waals surface area contributed by atoms with E-state index in [4.69, 9.17) is 11.6 Å². The highest BCUT2D eigenvalue weighted by molar-refractivity contribution is 6.31. The van der Waals surface area contributed by atoms with Gasteiger partial charge in [-0.25, -0.2) is 4.39 Å². The van der Waals surface area contributed by atoms with Gasteiger partial charge in [-0.1, -0.05) is 24.6 Å². The number of rotatable bonds is 2. The Kier molecular flexibility index (Phi) is 4.13. The zero-order chi connectivity index (χ0) is 14.0. The highest BCUT2D eigenvalue weighted by atomic mass is 35.5. The summed E-state index contributed by atoms with van der Waals surface area (Å²) in [4.78, 5) is 0. The van der Waals surface area contributed by atoms with Crippen LogP contribution in [0, 0.1) is 28.5 Å².